The highest BCUT2D eigenvalue weighted by Gasteiger charge is 2.52. The number of rotatable bonds is 7. The molecule has 0 aromatic heterocycles. The molecule has 0 aliphatic carbocycles. The van der Waals surface area contributed by atoms with Crippen LogP contribution < -0.4 is 16.4 Å². The number of halogens is 3. The van der Waals surface area contributed by atoms with E-state index >= 15 is 0 Å². The zero-order valence-electron chi connectivity index (χ0n) is 21.5. The van der Waals surface area contributed by atoms with Gasteiger partial charge in [0.05, 0.1) is 33.8 Å². The fraction of sp³-hybridized carbons (Fsp3) is 0.296. The van der Waals surface area contributed by atoms with E-state index in [-0.39, 0.29) is 34.8 Å². The standard InChI is InChI=1S/C27H29F3N4O3Si/c1-16-21(25(36)37)26(12-13-38(2,3)4,18-10-8-17(15-31)9-11-18)22(24(33)35)23(32)34(16)20-7-5-6-19(14-20)27(28,29)30/h5-11,14H,12-13,32H2,1-4H3,(H2,33,35)(H,36,37). The summed E-state index contributed by atoms with van der Waals surface area (Å²) in [5.74, 6) is -2.62. The normalized spacial score (nSPS) is 18.4. The number of carbonyl (C=O) groups excluding carboxylic acids is 1. The molecule has 5 N–H and O–H groups in total. The van der Waals surface area contributed by atoms with Gasteiger partial charge in [-0.15, -0.1) is 0 Å². The first-order valence-electron chi connectivity index (χ1n) is 11.8. The van der Waals surface area contributed by atoms with Gasteiger partial charge in [0.1, 0.15) is 5.82 Å². The van der Waals surface area contributed by atoms with E-state index in [1.54, 1.807) is 12.1 Å². The van der Waals surface area contributed by atoms with Crippen LogP contribution >= 0.6 is 0 Å². The number of nitrogens with two attached hydrogens (primary N) is 2. The highest BCUT2D eigenvalue weighted by Crippen LogP contribution is 2.51. The second kappa shape index (κ2) is 10.0. The number of hydrogen-bond donors (Lipinski definition) is 3. The lowest BCUT2D eigenvalue weighted by Gasteiger charge is -2.45. The fourth-order valence-electron chi connectivity index (χ4n) is 4.96. The molecule has 1 atom stereocenters. The number of amides is 1. The van der Waals surface area contributed by atoms with Crippen LogP contribution in [0.3, 0.4) is 0 Å². The van der Waals surface area contributed by atoms with E-state index in [9.17, 15) is 33.1 Å². The van der Waals surface area contributed by atoms with Gasteiger partial charge in [-0.3, -0.25) is 4.79 Å². The predicted molar refractivity (Wildman–Crippen MR) is 140 cm³/mol. The maximum absolute atomic E-state index is 13.5. The average molecular weight is 543 g/mol. The number of allylic oxidation sites excluding steroid dienone is 1. The number of carbonyl (C=O) groups is 2. The number of aliphatic carboxylic acids is 1. The van der Waals surface area contributed by atoms with Crippen LogP contribution in [0.25, 0.3) is 0 Å². The van der Waals surface area contributed by atoms with Crippen molar-refractivity contribution in [2.75, 3.05) is 4.90 Å². The van der Waals surface area contributed by atoms with E-state index in [0.29, 0.717) is 17.2 Å². The maximum atomic E-state index is 13.5. The second-order valence-electron chi connectivity index (χ2n) is 10.4. The molecule has 2 aromatic carbocycles. The largest absolute Gasteiger partial charge is 0.478 e. The van der Waals surface area contributed by atoms with Gasteiger partial charge in [0.2, 0.25) is 5.91 Å². The lowest BCUT2D eigenvalue weighted by molar-refractivity contribution is -0.137. The van der Waals surface area contributed by atoms with Crippen molar-refractivity contribution in [1.82, 2.24) is 0 Å². The Bertz CT molecular complexity index is 1350. The minimum absolute atomic E-state index is 0.0549. The van der Waals surface area contributed by atoms with Crippen molar-refractivity contribution in [3.8, 4) is 6.07 Å². The van der Waals surface area contributed by atoms with Crippen LogP contribution in [0.1, 0.15) is 30.0 Å². The molecule has 200 valence electrons. The van der Waals surface area contributed by atoms with Crippen LogP contribution in [-0.4, -0.2) is 25.1 Å². The Morgan fingerprint density at radius 2 is 1.71 bits per heavy atom. The molecule has 11 heteroatoms. The third kappa shape index (κ3) is 5.17. The first-order chi connectivity index (χ1) is 17.5. The number of anilines is 1. The Morgan fingerprint density at radius 3 is 2.18 bits per heavy atom. The molecule has 0 saturated heterocycles. The molecule has 0 saturated carbocycles. The van der Waals surface area contributed by atoms with Crippen LogP contribution in [-0.2, 0) is 21.2 Å². The van der Waals surface area contributed by atoms with Crippen molar-refractivity contribution in [2.24, 2.45) is 11.5 Å². The Labute approximate surface area is 219 Å². The molecule has 1 heterocycles. The summed E-state index contributed by atoms with van der Waals surface area (Å²) in [7, 11) is -1.84. The van der Waals surface area contributed by atoms with Gasteiger partial charge in [-0.05, 0) is 49.2 Å². The summed E-state index contributed by atoms with van der Waals surface area (Å²) >= 11 is 0. The van der Waals surface area contributed by atoms with E-state index in [1.807, 2.05) is 6.07 Å². The van der Waals surface area contributed by atoms with Gasteiger partial charge in [0, 0.05) is 19.5 Å². The van der Waals surface area contributed by atoms with E-state index < -0.39 is 37.1 Å². The summed E-state index contributed by atoms with van der Waals surface area (Å²) in [6, 6.07) is 13.0. The molecule has 1 aliphatic heterocycles. The third-order valence-electron chi connectivity index (χ3n) is 6.70. The summed E-state index contributed by atoms with van der Waals surface area (Å²) in [6.07, 6.45) is -4.49. The summed E-state index contributed by atoms with van der Waals surface area (Å²) in [5, 5.41) is 19.8. The van der Waals surface area contributed by atoms with Crippen molar-refractivity contribution in [2.45, 2.75) is 50.6 Å². The van der Waals surface area contributed by atoms with Crippen molar-refractivity contribution in [3.05, 3.63) is 87.9 Å². The number of carboxylic acid groups (broad SMARTS) is 1. The number of nitrogens with zero attached hydrogens (tertiary/aromatic N) is 2. The molecule has 1 amide bonds. The summed E-state index contributed by atoms with van der Waals surface area (Å²) < 4.78 is 40.5. The molecule has 0 spiro atoms. The van der Waals surface area contributed by atoms with Crippen LogP contribution in [0.4, 0.5) is 18.9 Å². The smallest absolute Gasteiger partial charge is 0.416 e. The van der Waals surface area contributed by atoms with E-state index in [2.05, 4.69) is 19.6 Å². The molecule has 38 heavy (non-hydrogen) atoms. The van der Waals surface area contributed by atoms with Gasteiger partial charge in [-0.2, -0.15) is 18.4 Å². The van der Waals surface area contributed by atoms with Crippen molar-refractivity contribution in [3.63, 3.8) is 0 Å². The molecule has 1 aliphatic rings. The number of primary amides is 1. The number of alkyl halides is 3. The maximum Gasteiger partial charge on any atom is 0.416 e. The first-order valence-corrected chi connectivity index (χ1v) is 15.5. The third-order valence-corrected chi connectivity index (χ3v) is 8.45. The van der Waals surface area contributed by atoms with Gasteiger partial charge in [-0.25, -0.2) is 4.79 Å². The van der Waals surface area contributed by atoms with Gasteiger partial charge >= 0.3 is 12.1 Å². The molecular formula is C27H29F3N4O3Si. The molecule has 0 radical (unpaired) electrons. The second-order valence-corrected chi connectivity index (χ2v) is 16.1. The Balaban J connectivity index is 2.45. The van der Waals surface area contributed by atoms with Gasteiger partial charge in [0.25, 0.3) is 0 Å². The fourth-order valence-corrected chi connectivity index (χ4v) is 6.08. The molecule has 0 bridgehead atoms. The lowest BCUT2D eigenvalue weighted by Crippen LogP contribution is -2.50. The average Bonchev–Trinajstić information content (AvgIpc) is 2.81. The van der Waals surface area contributed by atoms with E-state index in [4.69, 9.17) is 11.5 Å². The predicted octanol–water partition coefficient (Wildman–Crippen LogP) is 5.08. The van der Waals surface area contributed by atoms with Crippen LogP contribution in [0, 0.1) is 11.3 Å². The summed E-state index contributed by atoms with van der Waals surface area (Å²) in [6.45, 7) is 7.71. The van der Waals surface area contributed by atoms with Gasteiger partial charge in [-0.1, -0.05) is 43.9 Å². The van der Waals surface area contributed by atoms with E-state index in [0.717, 1.165) is 17.0 Å². The number of carboxylic acids is 1. The molecule has 7 nitrogen and oxygen atoms in total. The number of nitriles is 1. The van der Waals surface area contributed by atoms with Crippen molar-refractivity contribution in [1.29, 1.82) is 5.26 Å². The minimum Gasteiger partial charge on any atom is -0.478 e. The van der Waals surface area contributed by atoms with Gasteiger partial charge < -0.3 is 21.5 Å². The molecule has 1 unspecified atom stereocenters. The molecular weight excluding hydrogens is 513 g/mol. The van der Waals surface area contributed by atoms with Crippen LogP contribution in [0.5, 0.6) is 0 Å². The van der Waals surface area contributed by atoms with Crippen molar-refractivity contribution >= 4 is 25.6 Å². The molecule has 0 fully saturated rings. The highest BCUT2D eigenvalue weighted by molar-refractivity contribution is 6.76. The summed E-state index contributed by atoms with van der Waals surface area (Å²) in [4.78, 5) is 27.2. The van der Waals surface area contributed by atoms with Crippen molar-refractivity contribution < 1.29 is 27.9 Å². The SMILES string of the molecule is CC1=C(C(=O)O)C(CC[Si](C)(C)C)(c2ccc(C#N)cc2)C(C(N)=O)=C(N)N1c1cccc(C(F)(F)F)c1. The highest BCUT2D eigenvalue weighted by atomic mass is 28.3. The molecule has 3 rings (SSSR count). The minimum atomic E-state index is -4.66. The monoisotopic (exact) mass is 542 g/mol. The summed E-state index contributed by atoms with van der Waals surface area (Å²) in [5.41, 5.74) is 10.1. The number of benzene rings is 2. The Kier molecular flexibility index (Phi) is 7.52. The van der Waals surface area contributed by atoms with Crippen LogP contribution in [0.15, 0.2) is 71.2 Å². The Hall–Kier alpha value is -4.04. The zero-order chi connectivity index (χ0) is 28.6. The quantitative estimate of drug-likeness (QED) is 0.418. The molecule has 2 aromatic rings. The topological polar surface area (TPSA) is 133 Å². The first kappa shape index (κ1) is 28.5. The number of hydrogen-bond acceptors (Lipinski definition) is 5. The lowest BCUT2D eigenvalue weighted by atomic mass is 9.64. The van der Waals surface area contributed by atoms with Crippen LogP contribution in [0.2, 0.25) is 25.7 Å². The van der Waals surface area contributed by atoms with Gasteiger partial charge in [0.15, 0.2) is 0 Å². The Morgan fingerprint density at radius 1 is 1.11 bits per heavy atom. The van der Waals surface area contributed by atoms with E-state index in [1.165, 1.54) is 31.2 Å². The zero-order valence-corrected chi connectivity index (χ0v) is 22.5.